The molecule has 0 saturated heterocycles. The zero-order valence-electron chi connectivity index (χ0n) is 10.6. The van der Waals surface area contributed by atoms with Crippen molar-refractivity contribution in [2.24, 2.45) is 0 Å². The SMILES string of the molecule is CCCCC#CC(COC(=O)O)c1ccccc1. The summed E-state index contributed by atoms with van der Waals surface area (Å²) in [6.07, 6.45) is 1.75. The van der Waals surface area contributed by atoms with Crippen molar-refractivity contribution in [1.82, 2.24) is 0 Å². The molecule has 18 heavy (non-hydrogen) atoms. The lowest BCUT2D eigenvalue weighted by Crippen LogP contribution is -2.10. The molecule has 0 saturated carbocycles. The summed E-state index contributed by atoms with van der Waals surface area (Å²) in [5, 5.41) is 8.55. The number of ether oxygens (including phenoxy) is 1. The van der Waals surface area contributed by atoms with E-state index in [-0.39, 0.29) is 12.5 Å². The Morgan fingerprint density at radius 1 is 1.39 bits per heavy atom. The van der Waals surface area contributed by atoms with Gasteiger partial charge < -0.3 is 9.84 Å². The highest BCUT2D eigenvalue weighted by Gasteiger charge is 2.10. The summed E-state index contributed by atoms with van der Waals surface area (Å²) in [4.78, 5) is 10.4. The molecule has 0 radical (unpaired) electrons. The van der Waals surface area contributed by atoms with E-state index in [0.29, 0.717) is 0 Å². The van der Waals surface area contributed by atoms with Crippen LogP contribution in [0.2, 0.25) is 0 Å². The van der Waals surface area contributed by atoms with Crippen molar-refractivity contribution in [3.8, 4) is 11.8 Å². The topological polar surface area (TPSA) is 46.5 Å². The molecule has 0 aromatic heterocycles. The molecule has 1 unspecified atom stereocenters. The molecule has 0 aliphatic rings. The van der Waals surface area contributed by atoms with Gasteiger partial charge >= 0.3 is 6.16 Å². The number of carboxylic acid groups (broad SMARTS) is 1. The maximum Gasteiger partial charge on any atom is 0.505 e. The molecule has 3 heteroatoms. The maximum absolute atomic E-state index is 10.4. The summed E-state index contributed by atoms with van der Waals surface area (Å²) in [5.41, 5.74) is 0.989. The van der Waals surface area contributed by atoms with Gasteiger partial charge in [-0.3, -0.25) is 0 Å². The molecule has 0 heterocycles. The van der Waals surface area contributed by atoms with Gasteiger partial charge in [0, 0.05) is 6.42 Å². The minimum Gasteiger partial charge on any atom is -0.450 e. The van der Waals surface area contributed by atoms with Crippen molar-refractivity contribution < 1.29 is 14.6 Å². The molecule has 96 valence electrons. The van der Waals surface area contributed by atoms with Gasteiger partial charge in [-0.1, -0.05) is 49.6 Å². The first-order valence-electron chi connectivity index (χ1n) is 6.13. The van der Waals surface area contributed by atoms with Crippen LogP contribution in [0.25, 0.3) is 0 Å². The van der Waals surface area contributed by atoms with E-state index in [0.717, 1.165) is 24.8 Å². The van der Waals surface area contributed by atoms with Crippen molar-refractivity contribution in [1.29, 1.82) is 0 Å². The van der Waals surface area contributed by atoms with Crippen LogP contribution in [-0.2, 0) is 4.74 Å². The third kappa shape index (κ3) is 5.40. The smallest absolute Gasteiger partial charge is 0.450 e. The fourth-order valence-electron chi connectivity index (χ4n) is 1.52. The highest BCUT2D eigenvalue weighted by Crippen LogP contribution is 2.15. The van der Waals surface area contributed by atoms with Crippen LogP contribution in [0.5, 0.6) is 0 Å². The van der Waals surface area contributed by atoms with Crippen molar-refractivity contribution >= 4 is 6.16 Å². The molecule has 1 rings (SSSR count). The van der Waals surface area contributed by atoms with E-state index >= 15 is 0 Å². The summed E-state index contributed by atoms with van der Waals surface area (Å²) >= 11 is 0. The molecule has 0 bridgehead atoms. The van der Waals surface area contributed by atoms with Crippen molar-refractivity contribution in [2.75, 3.05) is 6.61 Å². The molecule has 1 aromatic carbocycles. The Bertz CT molecular complexity index is 414. The molecule has 0 fully saturated rings. The highest BCUT2D eigenvalue weighted by molar-refractivity contribution is 5.57. The van der Waals surface area contributed by atoms with Crippen molar-refractivity contribution in [2.45, 2.75) is 32.1 Å². The fraction of sp³-hybridized carbons (Fsp3) is 0.400. The Balaban J connectivity index is 2.68. The van der Waals surface area contributed by atoms with Gasteiger partial charge in [0.25, 0.3) is 0 Å². The summed E-state index contributed by atoms with van der Waals surface area (Å²) in [7, 11) is 0. The van der Waals surface area contributed by atoms with Crippen LogP contribution < -0.4 is 0 Å². The highest BCUT2D eigenvalue weighted by atomic mass is 16.7. The molecule has 3 nitrogen and oxygen atoms in total. The number of hydrogen-bond donors (Lipinski definition) is 1. The molecule has 0 aliphatic heterocycles. The van der Waals surface area contributed by atoms with Crippen LogP contribution in [0.15, 0.2) is 30.3 Å². The van der Waals surface area contributed by atoms with Crippen LogP contribution in [0.4, 0.5) is 4.79 Å². The van der Waals surface area contributed by atoms with Gasteiger partial charge in [0.15, 0.2) is 0 Å². The predicted molar refractivity (Wildman–Crippen MR) is 70.5 cm³/mol. The van der Waals surface area contributed by atoms with E-state index in [1.165, 1.54) is 0 Å². The van der Waals surface area contributed by atoms with Crippen LogP contribution in [0.1, 0.15) is 37.7 Å². The molecule has 0 amide bonds. The summed E-state index contributed by atoms with van der Waals surface area (Å²) < 4.78 is 4.63. The lowest BCUT2D eigenvalue weighted by molar-refractivity contribution is 0.0900. The summed E-state index contributed by atoms with van der Waals surface area (Å²) in [6, 6.07) is 9.62. The summed E-state index contributed by atoms with van der Waals surface area (Å²) in [6.45, 7) is 2.20. The fourth-order valence-corrected chi connectivity index (χ4v) is 1.52. The van der Waals surface area contributed by atoms with Crippen LogP contribution in [-0.4, -0.2) is 17.9 Å². The molecule has 0 aliphatic carbocycles. The van der Waals surface area contributed by atoms with Gasteiger partial charge in [-0.05, 0) is 12.0 Å². The first-order chi connectivity index (χ1) is 8.74. The van der Waals surface area contributed by atoms with Crippen LogP contribution in [0.3, 0.4) is 0 Å². The predicted octanol–water partition coefficient (Wildman–Crippen LogP) is 3.66. The Labute approximate surface area is 108 Å². The van der Waals surface area contributed by atoms with E-state index in [4.69, 9.17) is 5.11 Å². The molecular weight excluding hydrogens is 228 g/mol. The first-order valence-corrected chi connectivity index (χ1v) is 6.13. The summed E-state index contributed by atoms with van der Waals surface area (Å²) in [5.74, 6) is 5.99. The van der Waals surface area contributed by atoms with Gasteiger partial charge in [0.1, 0.15) is 6.61 Å². The average molecular weight is 246 g/mol. The number of unbranched alkanes of at least 4 members (excludes halogenated alkanes) is 2. The van der Waals surface area contributed by atoms with Crippen LogP contribution >= 0.6 is 0 Å². The number of benzene rings is 1. The van der Waals surface area contributed by atoms with Gasteiger partial charge in [0.05, 0.1) is 5.92 Å². The van der Waals surface area contributed by atoms with Crippen molar-refractivity contribution in [3.05, 3.63) is 35.9 Å². The standard InChI is InChI=1S/C15H18O3/c1-2-3-4-6-11-14(12-18-15(16)17)13-9-7-5-8-10-13/h5,7-10,14H,2-4,12H2,1H3,(H,16,17). The Morgan fingerprint density at radius 3 is 2.72 bits per heavy atom. The number of hydrogen-bond acceptors (Lipinski definition) is 2. The average Bonchev–Trinajstić information content (AvgIpc) is 2.38. The minimum atomic E-state index is -1.26. The van der Waals surface area contributed by atoms with E-state index < -0.39 is 6.16 Å². The van der Waals surface area contributed by atoms with Gasteiger partial charge in [-0.15, -0.1) is 5.92 Å². The van der Waals surface area contributed by atoms with Gasteiger partial charge in [0.2, 0.25) is 0 Å². The zero-order valence-corrected chi connectivity index (χ0v) is 10.6. The molecule has 1 atom stereocenters. The lowest BCUT2D eigenvalue weighted by Gasteiger charge is -2.10. The van der Waals surface area contributed by atoms with E-state index in [2.05, 4.69) is 23.5 Å². The third-order valence-electron chi connectivity index (χ3n) is 2.51. The number of rotatable bonds is 5. The zero-order chi connectivity index (χ0) is 13.2. The Hall–Kier alpha value is -1.95. The molecular formula is C15H18O3. The second-order valence-electron chi connectivity index (χ2n) is 3.96. The second kappa shape index (κ2) is 8.19. The largest absolute Gasteiger partial charge is 0.505 e. The van der Waals surface area contributed by atoms with Gasteiger partial charge in [-0.25, -0.2) is 4.79 Å². The molecule has 0 spiro atoms. The monoisotopic (exact) mass is 246 g/mol. The van der Waals surface area contributed by atoms with Crippen molar-refractivity contribution in [3.63, 3.8) is 0 Å². The first kappa shape index (κ1) is 14.1. The van der Waals surface area contributed by atoms with Crippen LogP contribution in [0, 0.1) is 11.8 Å². The maximum atomic E-state index is 10.4. The number of carbonyl (C=O) groups is 1. The van der Waals surface area contributed by atoms with E-state index in [1.807, 2.05) is 30.3 Å². The van der Waals surface area contributed by atoms with E-state index in [1.54, 1.807) is 0 Å². The second-order valence-corrected chi connectivity index (χ2v) is 3.96. The molecule has 1 aromatic rings. The quantitative estimate of drug-likeness (QED) is 0.490. The van der Waals surface area contributed by atoms with E-state index in [9.17, 15) is 4.79 Å². The lowest BCUT2D eigenvalue weighted by atomic mass is 10.0. The normalized spacial score (nSPS) is 11.2. The molecule has 1 N–H and O–H groups in total. The Morgan fingerprint density at radius 2 is 2.11 bits per heavy atom. The minimum absolute atomic E-state index is 0.0818. The Kier molecular flexibility index (Phi) is 6.42. The van der Waals surface area contributed by atoms with Gasteiger partial charge in [-0.2, -0.15) is 0 Å². The third-order valence-corrected chi connectivity index (χ3v) is 2.51.